The summed E-state index contributed by atoms with van der Waals surface area (Å²) in [5.41, 5.74) is 6.70. The van der Waals surface area contributed by atoms with Gasteiger partial charge in [-0.25, -0.2) is 4.39 Å². The fourth-order valence-electron chi connectivity index (χ4n) is 1.39. The predicted octanol–water partition coefficient (Wildman–Crippen LogP) is 1.83. The van der Waals surface area contributed by atoms with Gasteiger partial charge in [0.1, 0.15) is 0 Å². The summed E-state index contributed by atoms with van der Waals surface area (Å²) in [5, 5.41) is 3.21. The molecule has 1 unspecified atom stereocenters. The predicted molar refractivity (Wildman–Crippen MR) is 63.0 cm³/mol. The third kappa shape index (κ3) is 3.47. The van der Waals surface area contributed by atoms with Gasteiger partial charge in [-0.1, -0.05) is 19.9 Å². The highest BCUT2D eigenvalue weighted by atomic mass is 19.1. The molecule has 0 aliphatic carbocycles. The van der Waals surface area contributed by atoms with Crippen LogP contribution >= 0.6 is 0 Å². The largest absolute Gasteiger partial charge is 0.494 e. The van der Waals surface area contributed by atoms with Gasteiger partial charge < -0.3 is 15.8 Å². The second-order valence-corrected chi connectivity index (χ2v) is 4.06. The summed E-state index contributed by atoms with van der Waals surface area (Å²) >= 11 is 0. The Morgan fingerprint density at radius 2 is 2.12 bits per heavy atom. The van der Waals surface area contributed by atoms with E-state index >= 15 is 0 Å². The van der Waals surface area contributed by atoms with Gasteiger partial charge in [0.2, 0.25) is 0 Å². The summed E-state index contributed by atoms with van der Waals surface area (Å²) in [6.45, 7) is 4.71. The van der Waals surface area contributed by atoms with Crippen LogP contribution in [-0.2, 0) is 0 Å². The molecule has 1 aromatic rings. The highest BCUT2D eigenvalue weighted by Gasteiger charge is 2.10. The lowest BCUT2D eigenvalue weighted by Gasteiger charge is -2.15. The number of ether oxygens (including phenoxy) is 1. The lowest BCUT2D eigenvalue weighted by atomic mass is 10.1. The van der Waals surface area contributed by atoms with Crippen molar-refractivity contribution in [1.29, 1.82) is 0 Å². The summed E-state index contributed by atoms with van der Waals surface area (Å²) in [5.74, 6) is -0.132. The van der Waals surface area contributed by atoms with E-state index < -0.39 is 0 Å². The van der Waals surface area contributed by atoms with Gasteiger partial charge in [0.05, 0.1) is 7.11 Å². The Hall–Kier alpha value is -1.13. The maximum absolute atomic E-state index is 13.4. The van der Waals surface area contributed by atoms with E-state index in [1.165, 1.54) is 13.2 Å². The first kappa shape index (κ1) is 12.9. The first-order valence-corrected chi connectivity index (χ1v) is 5.37. The maximum Gasteiger partial charge on any atom is 0.165 e. The number of rotatable bonds is 5. The van der Waals surface area contributed by atoms with Gasteiger partial charge in [-0.3, -0.25) is 0 Å². The van der Waals surface area contributed by atoms with Crippen molar-refractivity contribution in [2.24, 2.45) is 5.73 Å². The number of hydrogen-bond donors (Lipinski definition) is 2. The van der Waals surface area contributed by atoms with E-state index in [0.29, 0.717) is 12.6 Å². The van der Waals surface area contributed by atoms with Crippen molar-refractivity contribution in [3.8, 4) is 5.75 Å². The quantitative estimate of drug-likeness (QED) is 0.805. The van der Waals surface area contributed by atoms with Crippen molar-refractivity contribution in [2.75, 3.05) is 13.7 Å². The Labute approximate surface area is 95.8 Å². The third-order valence-corrected chi connectivity index (χ3v) is 2.35. The first-order valence-electron chi connectivity index (χ1n) is 5.37. The van der Waals surface area contributed by atoms with Gasteiger partial charge in [0, 0.05) is 18.6 Å². The molecule has 3 nitrogen and oxygen atoms in total. The van der Waals surface area contributed by atoms with E-state index in [2.05, 4.69) is 5.32 Å². The molecule has 0 bridgehead atoms. The Balaban J connectivity index is 2.69. The zero-order chi connectivity index (χ0) is 12.1. The van der Waals surface area contributed by atoms with Crippen molar-refractivity contribution in [1.82, 2.24) is 5.32 Å². The Kier molecular flexibility index (Phi) is 4.71. The van der Waals surface area contributed by atoms with Crippen LogP contribution in [0.4, 0.5) is 4.39 Å². The summed E-state index contributed by atoms with van der Waals surface area (Å²) < 4.78 is 18.3. The number of nitrogens with one attached hydrogen (secondary N) is 1. The zero-order valence-electron chi connectivity index (χ0n) is 9.96. The van der Waals surface area contributed by atoms with E-state index in [0.717, 1.165) is 5.56 Å². The van der Waals surface area contributed by atoms with E-state index in [9.17, 15) is 4.39 Å². The van der Waals surface area contributed by atoms with Crippen LogP contribution in [0.5, 0.6) is 5.75 Å². The van der Waals surface area contributed by atoms with Crippen molar-refractivity contribution >= 4 is 0 Å². The van der Waals surface area contributed by atoms with Crippen molar-refractivity contribution in [3.05, 3.63) is 29.6 Å². The maximum atomic E-state index is 13.4. The molecule has 0 heterocycles. The normalized spacial score (nSPS) is 12.9. The molecular formula is C12H19FN2O. The Morgan fingerprint density at radius 1 is 1.44 bits per heavy atom. The lowest BCUT2D eigenvalue weighted by molar-refractivity contribution is 0.385. The van der Waals surface area contributed by atoms with Gasteiger partial charge in [-0.15, -0.1) is 0 Å². The highest BCUT2D eigenvalue weighted by molar-refractivity contribution is 5.31. The molecule has 4 heteroatoms. The average Bonchev–Trinajstić information content (AvgIpc) is 2.25. The molecule has 90 valence electrons. The fraction of sp³-hybridized carbons (Fsp3) is 0.500. The molecule has 0 saturated carbocycles. The molecule has 0 fully saturated rings. The van der Waals surface area contributed by atoms with Crippen LogP contribution in [-0.4, -0.2) is 19.7 Å². The minimum absolute atomic E-state index is 0.206. The molecule has 16 heavy (non-hydrogen) atoms. The molecule has 0 aliphatic heterocycles. The molecule has 0 aliphatic rings. The van der Waals surface area contributed by atoms with Gasteiger partial charge in [0.25, 0.3) is 0 Å². The molecule has 0 radical (unpaired) electrons. The molecule has 0 spiro atoms. The van der Waals surface area contributed by atoms with Crippen LogP contribution in [0, 0.1) is 5.82 Å². The molecular weight excluding hydrogens is 207 g/mol. The average molecular weight is 226 g/mol. The fourth-order valence-corrected chi connectivity index (χ4v) is 1.39. The minimum Gasteiger partial charge on any atom is -0.494 e. The summed E-state index contributed by atoms with van der Waals surface area (Å²) in [7, 11) is 1.44. The number of nitrogens with two attached hydrogens (primary N) is 1. The monoisotopic (exact) mass is 226 g/mol. The van der Waals surface area contributed by atoms with Gasteiger partial charge in [-0.05, 0) is 17.7 Å². The van der Waals surface area contributed by atoms with E-state index in [-0.39, 0.29) is 17.6 Å². The highest BCUT2D eigenvalue weighted by Crippen LogP contribution is 2.20. The van der Waals surface area contributed by atoms with Crippen LogP contribution in [0.1, 0.15) is 25.5 Å². The lowest BCUT2D eigenvalue weighted by Crippen LogP contribution is -2.31. The zero-order valence-corrected chi connectivity index (χ0v) is 9.96. The number of benzene rings is 1. The second kappa shape index (κ2) is 5.82. The summed E-state index contributed by atoms with van der Waals surface area (Å²) in [6.07, 6.45) is 0. The molecule has 1 rings (SSSR count). The summed E-state index contributed by atoms with van der Waals surface area (Å²) in [6, 6.07) is 4.97. The van der Waals surface area contributed by atoms with Crippen LogP contribution in [0.3, 0.4) is 0 Å². The topological polar surface area (TPSA) is 47.3 Å². The van der Waals surface area contributed by atoms with Crippen LogP contribution in [0.2, 0.25) is 0 Å². The van der Waals surface area contributed by atoms with Crippen molar-refractivity contribution in [2.45, 2.75) is 25.9 Å². The number of halogens is 1. The molecule has 1 aromatic carbocycles. The Bertz CT molecular complexity index is 342. The van der Waals surface area contributed by atoms with E-state index in [4.69, 9.17) is 10.5 Å². The van der Waals surface area contributed by atoms with Crippen molar-refractivity contribution < 1.29 is 9.13 Å². The number of hydrogen-bond acceptors (Lipinski definition) is 3. The molecule has 3 N–H and O–H groups in total. The summed E-state index contributed by atoms with van der Waals surface area (Å²) in [4.78, 5) is 0. The first-order chi connectivity index (χ1) is 7.54. The molecule has 0 amide bonds. The second-order valence-electron chi connectivity index (χ2n) is 4.06. The smallest absolute Gasteiger partial charge is 0.165 e. The SMILES string of the molecule is COc1ccc(C(N)CNC(C)C)cc1F. The third-order valence-electron chi connectivity index (χ3n) is 2.35. The molecule has 1 atom stereocenters. The standard InChI is InChI=1S/C12H19FN2O/c1-8(2)15-7-11(14)9-4-5-12(16-3)10(13)6-9/h4-6,8,11,15H,7,14H2,1-3H3. The van der Waals surface area contributed by atoms with Crippen molar-refractivity contribution in [3.63, 3.8) is 0 Å². The van der Waals surface area contributed by atoms with Crippen LogP contribution in [0.15, 0.2) is 18.2 Å². The van der Waals surface area contributed by atoms with Gasteiger partial charge in [0.15, 0.2) is 11.6 Å². The number of methoxy groups -OCH3 is 1. The van der Waals surface area contributed by atoms with E-state index in [1.807, 2.05) is 13.8 Å². The van der Waals surface area contributed by atoms with Crippen LogP contribution in [0.25, 0.3) is 0 Å². The molecule has 0 saturated heterocycles. The van der Waals surface area contributed by atoms with E-state index in [1.54, 1.807) is 12.1 Å². The Morgan fingerprint density at radius 3 is 2.62 bits per heavy atom. The van der Waals surface area contributed by atoms with Gasteiger partial charge >= 0.3 is 0 Å². The molecule has 0 aromatic heterocycles. The minimum atomic E-state index is -0.375. The van der Waals surface area contributed by atoms with Crippen LogP contribution < -0.4 is 15.8 Å². The van der Waals surface area contributed by atoms with Gasteiger partial charge in [-0.2, -0.15) is 0 Å².